The Morgan fingerprint density at radius 3 is 1.53 bits per heavy atom. The number of aromatic nitrogens is 2. The second-order valence-electron chi connectivity index (χ2n) is 16.1. The van der Waals surface area contributed by atoms with E-state index in [0.29, 0.717) is 5.82 Å². The van der Waals surface area contributed by atoms with Gasteiger partial charge in [-0.25, -0.2) is 9.97 Å². The van der Waals surface area contributed by atoms with Crippen molar-refractivity contribution in [1.29, 1.82) is 0 Å². The Morgan fingerprint density at radius 1 is 0.339 bits per heavy atom. The first-order valence-corrected chi connectivity index (χ1v) is 20.4. The fourth-order valence-electron chi connectivity index (χ4n) is 9.40. The number of hydrogen-bond donors (Lipinski definition) is 0. The molecule has 1 heterocycles. The van der Waals surface area contributed by atoms with Gasteiger partial charge in [0.2, 0.25) is 0 Å². The van der Waals surface area contributed by atoms with Crippen molar-refractivity contribution in [2.45, 2.75) is 19.3 Å². The average molecular weight is 753 g/mol. The van der Waals surface area contributed by atoms with Crippen molar-refractivity contribution in [3.05, 3.63) is 217 Å². The van der Waals surface area contributed by atoms with Crippen molar-refractivity contribution in [2.24, 2.45) is 0 Å². The number of benzene rings is 9. The third-order valence-corrected chi connectivity index (χ3v) is 12.3. The Labute approximate surface area is 345 Å². The largest absolute Gasteiger partial charge is 0.228 e. The summed E-state index contributed by atoms with van der Waals surface area (Å²) in [6, 6.07) is 74.2. The molecule has 9 aromatic carbocycles. The number of nitrogens with zero attached hydrogens (tertiary/aromatic N) is 2. The van der Waals surface area contributed by atoms with Gasteiger partial charge in [0, 0.05) is 22.1 Å². The molecule has 0 unspecified atom stereocenters. The van der Waals surface area contributed by atoms with Crippen molar-refractivity contribution < 1.29 is 0 Å². The highest BCUT2D eigenvalue weighted by Crippen LogP contribution is 2.55. The average Bonchev–Trinajstić information content (AvgIpc) is 3.55. The summed E-state index contributed by atoms with van der Waals surface area (Å²) in [6.07, 6.45) is 0. The molecule has 1 aliphatic rings. The molecule has 0 bridgehead atoms. The summed E-state index contributed by atoms with van der Waals surface area (Å²) >= 11 is 0. The Balaban J connectivity index is 1.07. The third kappa shape index (κ3) is 5.87. The molecular weight excluding hydrogens is 713 g/mol. The van der Waals surface area contributed by atoms with Crippen LogP contribution in [0.25, 0.3) is 100.0 Å². The van der Waals surface area contributed by atoms with Crippen LogP contribution in [-0.2, 0) is 5.41 Å². The summed E-state index contributed by atoms with van der Waals surface area (Å²) in [6.45, 7) is 4.77. The Bertz CT molecular complexity index is 3100. The van der Waals surface area contributed by atoms with Gasteiger partial charge in [-0.1, -0.05) is 214 Å². The van der Waals surface area contributed by atoms with Crippen molar-refractivity contribution in [1.82, 2.24) is 9.97 Å². The lowest BCUT2D eigenvalue weighted by molar-refractivity contribution is 0.662. The van der Waals surface area contributed by atoms with Crippen LogP contribution in [0, 0.1) is 0 Å². The maximum absolute atomic E-state index is 5.35. The minimum absolute atomic E-state index is 0.173. The second kappa shape index (κ2) is 13.9. The van der Waals surface area contributed by atoms with Gasteiger partial charge >= 0.3 is 0 Å². The summed E-state index contributed by atoms with van der Waals surface area (Å²) < 4.78 is 0. The number of rotatable bonds is 6. The predicted octanol–water partition coefficient (Wildman–Crippen LogP) is 15.1. The van der Waals surface area contributed by atoms with E-state index in [9.17, 15) is 0 Å². The van der Waals surface area contributed by atoms with E-state index >= 15 is 0 Å². The molecule has 1 aromatic heterocycles. The molecule has 0 radical (unpaired) electrons. The fraction of sp³-hybridized carbons (Fsp3) is 0.0526. The summed E-state index contributed by atoms with van der Waals surface area (Å²) in [4.78, 5) is 10.6. The molecule has 2 nitrogen and oxygen atoms in total. The summed E-state index contributed by atoms with van der Waals surface area (Å²) in [5.74, 6) is 0.699. The molecule has 278 valence electrons. The Hall–Kier alpha value is -7.42. The van der Waals surface area contributed by atoms with Crippen molar-refractivity contribution >= 4 is 21.5 Å². The van der Waals surface area contributed by atoms with Gasteiger partial charge in [0.05, 0.1) is 11.4 Å². The van der Waals surface area contributed by atoms with Crippen LogP contribution in [0.4, 0.5) is 0 Å². The zero-order valence-corrected chi connectivity index (χ0v) is 33.0. The zero-order chi connectivity index (χ0) is 39.5. The van der Waals surface area contributed by atoms with Crippen LogP contribution in [0.5, 0.6) is 0 Å². The maximum Gasteiger partial charge on any atom is 0.160 e. The van der Waals surface area contributed by atoms with Gasteiger partial charge in [0.25, 0.3) is 0 Å². The molecule has 2 heteroatoms. The van der Waals surface area contributed by atoms with Gasteiger partial charge in [-0.15, -0.1) is 0 Å². The molecule has 0 saturated carbocycles. The Morgan fingerprint density at radius 2 is 0.847 bits per heavy atom. The van der Waals surface area contributed by atoms with Crippen LogP contribution < -0.4 is 0 Å². The molecule has 0 aliphatic heterocycles. The highest BCUT2D eigenvalue weighted by molar-refractivity contribution is 6.08. The predicted molar refractivity (Wildman–Crippen MR) is 247 cm³/mol. The highest BCUT2D eigenvalue weighted by Gasteiger charge is 2.38. The molecule has 10 aromatic rings. The summed E-state index contributed by atoms with van der Waals surface area (Å²) in [5.41, 5.74) is 17.4. The number of hydrogen-bond acceptors (Lipinski definition) is 2. The summed E-state index contributed by atoms with van der Waals surface area (Å²) in [5, 5.41) is 4.96. The molecule has 0 atom stereocenters. The van der Waals surface area contributed by atoms with E-state index in [2.05, 4.69) is 220 Å². The van der Waals surface area contributed by atoms with Crippen LogP contribution in [-0.4, -0.2) is 9.97 Å². The first-order valence-electron chi connectivity index (χ1n) is 20.4. The smallest absolute Gasteiger partial charge is 0.160 e. The lowest BCUT2D eigenvalue weighted by atomic mass is 9.78. The molecule has 0 amide bonds. The molecule has 59 heavy (non-hydrogen) atoms. The minimum atomic E-state index is -0.173. The summed E-state index contributed by atoms with van der Waals surface area (Å²) in [7, 11) is 0. The van der Waals surface area contributed by atoms with Crippen molar-refractivity contribution in [3.8, 4) is 78.4 Å². The molecule has 0 spiro atoms. The van der Waals surface area contributed by atoms with Gasteiger partial charge in [-0.3, -0.25) is 0 Å². The van der Waals surface area contributed by atoms with Crippen LogP contribution in [0.1, 0.15) is 25.0 Å². The van der Waals surface area contributed by atoms with Crippen LogP contribution in [0.15, 0.2) is 206 Å². The topological polar surface area (TPSA) is 25.8 Å². The number of fused-ring (bicyclic) bond motifs is 6. The highest BCUT2D eigenvalue weighted by atomic mass is 14.9. The molecule has 0 N–H and O–H groups in total. The van der Waals surface area contributed by atoms with E-state index in [4.69, 9.17) is 9.97 Å². The molecular formula is C57H40N2. The first kappa shape index (κ1) is 34.8. The van der Waals surface area contributed by atoms with Gasteiger partial charge in [0.15, 0.2) is 5.82 Å². The van der Waals surface area contributed by atoms with Crippen molar-refractivity contribution in [3.63, 3.8) is 0 Å². The molecule has 1 aliphatic carbocycles. The minimum Gasteiger partial charge on any atom is -0.228 e. The van der Waals surface area contributed by atoms with E-state index < -0.39 is 0 Å². The van der Waals surface area contributed by atoms with E-state index in [-0.39, 0.29) is 5.41 Å². The lowest BCUT2D eigenvalue weighted by Gasteiger charge is -2.25. The van der Waals surface area contributed by atoms with Crippen LogP contribution in [0.2, 0.25) is 0 Å². The fourth-order valence-corrected chi connectivity index (χ4v) is 9.40. The van der Waals surface area contributed by atoms with E-state index in [0.717, 1.165) is 39.0 Å². The standard InChI is InChI=1S/C57H40N2/c1-57(2)51-35-32-41-18-9-10-19-44(41)54(51)50-23-13-22-49(55(50)57)47-33-34-48(46-21-12-11-20-45(46)47)53-36-52(42-28-24-39(25-29-42)37-14-5-3-6-15-37)58-56(59-53)43-30-26-40(27-31-43)38-16-7-4-8-17-38/h3-36H,1-2H3. The lowest BCUT2D eigenvalue weighted by Crippen LogP contribution is -2.16. The SMILES string of the molecule is CC1(C)c2ccc3ccccc3c2-c2cccc(-c3ccc(-c4cc(-c5ccc(-c6ccccc6)cc5)nc(-c5ccc(-c6ccccc6)cc5)n4)c4ccccc34)c21. The second-order valence-corrected chi connectivity index (χ2v) is 16.1. The monoisotopic (exact) mass is 752 g/mol. The van der Waals surface area contributed by atoms with Gasteiger partial charge < -0.3 is 0 Å². The molecule has 11 rings (SSSR count). The normalized spacial score (nSPS) is 12.7. The third-order valence-electron chi connectivity index (χ3n) is 12.3. The van der Waals surface area contributed by atoms with Gasteiger partial charge in [-0.05, 0) is 83.2 Å². The van der Waals surface area contributed by atoms with E-state index in [1.165, 1.54) is 66.2 Å². The van der Waals surface area contributed by atoms with Gasteiger partial charge in [0.1, 0.15) is 0 Å². The molecule has 0 fully saturated rings. The van der Waals surface area contributed by atoms with Crippen LogP contribution in [0.3, 0.4) is 0 Å². The zero-order valence-electron chi connectivity index (χ0n) is 33.0. The Kier molecular flexibility index (Phi) is 8.20. The molecule has 0 saturated heterocycles. The van der Waals surface area contributed by atoms with Gasteiger partial charge in [-0.2, -0.15) is 0 Å². The van der Waals surface area contributed by atoms with Crippen molar-refractivity contribution in [2.75, 3.05) is 0 Å². The first-order chi connectivity index (χ1) is 29.0. The van der Waals surface area contributed by atoms with E-state index in [1.807, 2.05) is 0 Å². The quantitative estimate of drug-likeness (QED) is 0.169. The van der Waals surface area contributed by atoms with Crippen LogP contribution >= 0.6 is 0 Å². The van der Waals surface area contributed by atoms with E-state index in [1.54, 1.807) is 0 Å². The maximum atomic E-state index is 5.35.